The molecule has 1 aliphatic carbocycles. The van der Waals surface area contributed by atoms with Gasteiger partial charge < -0.3 is 15.4 Å². The van der Waals surface area contributed by atoms with Crippen LogP contribution in [0.4, 0.5) is 0 Å². The summed E-state index contributed by atoms with van der Waals surface area (Å²) in [7, 11) is 1.71. The average Bonchev–Trinajstić information content (AvgIpc) is 3.01. The molecule has 0 atom stereocenters. The molecule has 1 aliphatic rings. The van der Waals surface area contributed by atoms with Gasteiger partial charge >= 0.3 is 0 Å². The Morgan fingerprint density at radius 3 is 3.00 bits per heavy atom. The summed E-state index contributed by atoms with van der Waals surface area (Å²) in [6.07, 6.45) is 3.96. The summed E-state index contributed by atoms with van der Waals surface area (Å²) in [4.78, 5) is 1.34. The maximum absolute atomic E-state index is 5.15. The van der Waals surface area contributed by atoms with Crippen molar-refractivity contribution in [3.63, 3.8) is 0 Å². The van der Waals surface area contributed by atoms with Crippen LogP contribution in [-0.2, 0) is 6.54 Å². The highest BCUT2D eigenvalue weighted by Crippen LogP contribution is 2.20. The van der Waals surface area contributed by atoms with Crippen LogP contribution in [0.25, 0.3) is 0 Å². The Kier molecular flexibility index (Phi) is 4.63. The summed E-state index contributed by atoms with van der Waals surface area (Å²) in [5.74, 6) is 0.970. The van der Waals surface area contributed by atoms with Crippen LogP contribution in [0.15, 0.2) is 11.4 Å². The van der Waals surface area contributed by atoms with Gasteiger partial charge in [0.15, 0.2) is 0 Å². The van der Waals surface area contributed by atoms with E-state index in [0.29, 0.717) is 0 Å². The van der Waals surface area contributed by atoms with Crippen molar-refractivity contribution < 1.29 is 4.74 Å². The Labute approximate surface area is 101 Å². The Bertz CT molecular complexity index is 310. The third-order valence-electron chi connectivity index (χ3n) is 2.71. The van der Waals surface area contributed by atoms with Crippen LogP contribution in [0.2, 0.25) is 0 Å². The molecule has 1 fully saturated rings. The molecule has 0 amide bonds. The second kappa shape index (κ2) is 6.23. The fourth-order valence-electron chi connectivity index (χ4n) is 1.58. The zero-order valence-electron chi connectivity index (χ0n) is 9.79. The number of ether oxygens (including phenoxy) is 1. The predicted octanol–water partition coefficient (Wildman–Crippen LogP) is 1.99. The average molecular weight is 240 g/mol. The van der Waals surface area contributed by atoms with Crippen molar-refractivity contribution in [3.05, 3.63) is 16.3 Å². The minimum Gasteiger partial charge on any atom is -0.496 e. The van der Waals surface area contributed by atoms with Gasteiger partial charge in [0.05, 0.1) is 7.11 Å². The van der Waals surface area contributed by atoms with Crippen molar-refractivity contribution in [2.24, 2.45) is 0 Å². The number of thiophene rings is 1. The first kappa shape index (κ1) is 11.9. The molecular weight excluding hydrogens is 220 g/mol. The summed E-state index contributed by atoms with van der Waals surface area (Å²) >= 11 is 1.75. The van der Waals surface area contributed by atoms with Gasteiger partial charge in [-0.25, -0.2) is 0 Å². The molecule has 16 heavy (non-hydrogen) atoms. The lowest BCUT2D eigenvalue weighted by molar-refractivity contribution is 0.416. The maximum atomic E-state index is 5.15. The van der Waals surface area contributed by atoms with Crippen LogP contribution in [0, 0.1) is 0 Å². The molecule has 1 heterocycles. The highest BCUT2D eigenvalue weighted by molar-refractivity contribution is 7.10. The molecule has 1 aromatic rings. The number of hydrogen-bond acceptors (Lipinski definition) is 4. The highest BCUT2D eigenvalue weighted by atomic mass is 32.1. The van der Waals surface area contributed by atoms with Crippen molar-refractivity contribution in [2.75, 3.05) is 20.2 Å². The van der Waals surface area contributed by atoms with E-state index < -0.39 is 0 Å². The molecule has 0 aliphatic heterocycles. The molecule has 1 saturated carbocycles. The molecule has 90 valence electrons. The van der Waals surface area contributed by atoms with Crippen LogP contribution >= 0.6 is 11.3 Å². The van der Waals surface area contributed by atoms with Gasteiger partial charge in [0.2, 0.25) is 0 Å². The Hall–Kier alpha value is -0.580. The summed E-state index contributed by atoms with van der Waals surface area (Å²) in [5, 5.41) is 9.01. The topological polar surface area (TPSA) is 33.3 Å². The summed E-state index contributed by atoms with van der Waals surface area (Å²) < 4.78 is 5.15. The highest BCUT2D eigenvalue weighted by Gasteiger charge is 2.19. The molecule has 4 heteroatoms. The van der Waals surface area contributed by atoms with Gasteiger partial charge in [-0.2, -0.15) is 0 Å². The Morgan fingerprint density at radius 2 is 2.31 bits per heavy atom. The van der Waals surface area contributed by atoms with Crippen molar-refractivity contribution >= 4 is 11.3 Å². The first-order chi connectivity index (χ1) is 7.88. The van der Waals surface area contributed by atoms with E-state index in [2.05, 4.69) is 16.7 Å². The summed E-state index contributed by atoms with van der Waals surface area (Å²) in [5.41, 5.74) is 0. The van der Waals surface area contributed by atoms with Gasteiger partial charge in [-0.3, -0.25) is 0 Å². The molecule has 0 unspecified atom stereocenters. The lowest BCUT2D eigenvalue weighted by Crippen LogP contribution is -2.22. The number of methoxy groups -OCH3 is 1. The SMILES string of the molecule is COc1csc(CNCCCNC2CC2)c1. The number of hydrogen-bond donors (Lipinski definition) is 2. The van der Waals surface area contributed by atoms with E-state index in [4.69, 9.17) is 4.74 Å². The van der Waals surface area contributed by atoms with Crippen molar-refractivity contribution in [1.29, 1.82) is 0 Å². The molecule has 3 nitrogen and oxygen atoms in total. The van der Waals surface area contributed by atoms with Crippen molar-refractivity contribution in [3.8, 4) is 5.75 Å². The van der Waals surface area contributed by atoms with Crippen molar-refractivity contribution in [2.45, 2.75) is 31.8 Å². The summed E-state index contributed by atoms with van der Waals surface area (Å²) in [6, 6.07) is 2.93. The first-order valence-corrected chi connectivity index (χ1v) is 6.82. The fourth-order valence-corrected chi connectivity index (χ4v) is 2.38. The van der Waals surface area contributed by atoms with E-state index in [1.165, 1.54) is 24.1 Å². The van der Waals surface area contributed by atoms with E-state index >= 15 is 0 Å². The van der Waals surface area contributed by atoms with Gasteiger partial charge in [0.1, 0.15) is 5.75 Å². The zero-order valence-corrected chi connectivity index (χ0v) is 10.6. The van der Waals surface area contributed by atoms with E-state index in [1.807, 2.05) is 5.38 Å². The number of rotatable bonds is 8. The molecule has 1 aromatic heterocycles. The van der Waals surface area contributed by atoms with E-state index in [-0.39, 0.29) is 0 Å². The molecule has 2 rings (SSSR count). The Morgan fingerprint density at radius 1 is 1.44 bits per heavy atom. The quantitative estimate of drug-likeness (QED) is 0.682. The Balaban J connectivity index is 1.49. The van der Waals surface area contributed by atoms with Gasteiger partial charge in [0.25, 0.3) is 0 Å². The van der Waals surface area contributed by atoms with E-state index in [9.17, 15) is 0 Å². The van der Waals surface area contributed by atoms with Crippen LogP contribution in [0.3, 0.4) is 0 Å². The van der Waals surface area contributed by atoms with Gasteiger partial charge in [-0.05, 0) is 38.4 Å². The number of nitrogens with one attached hydrogen (secondary N) is 2. The molecule has 0 aromatic carbocycles. The first-order valence-electron chi connectivity index (χ1n) is 5.94. The lowest BCUT2D eigenvalue weighted by atomic mass is 10.4. The second-order valence-electron chi connectivity index (χ2n) is 4.21. The van der Waals surface area contributed by atoms with E-state index in [1.54, 1.807) is 18.4 Å². The van der Waals surface area contributed by atoms with Gasteiger partial charge in [-0.15, -0.1) is 11.3 Å². The van der Waals surface area contributed by atoms with Gasteiger partial charge in [0, 0.05) is 22.8 Å². The normalized spacial score (nSPS) is 15.3. The van der Waals surface area contributed by atoms with Crippen LogP contribution in [0.1, 0.15) is 24.1 Å². The molecule has 2 N–H and O–H groups in total. The third-order valence-corrected chi connectivity index (χ3v) is 3.62. The van der Waals surface area contributed by atoms with Gasteiger partial charge in [-0.1, -0.05) is 0 Å². The molecule has 0 spiro atoms. The minimum atomic E-state index is 0.835. The largest absolute Gasteiger partial charge is 0.496 e. The van der Waals surface area contributed by atoms with E-state index in [0.717, 1.165) is 31.4 Å². The fraction of sp³-hybridized carbons (Fsp3) is 0.667. The molecule has 0 radical (unpaired) electrons. The predicted molar refractivity (Wildman–Crippen MR) is 68.2 cm³/mol. The maximum Gasteiger partial charge on any atom is 0.129 e. The summed E-state index contributed by atoms with van der Waals surface area (Å²) in [6.45, 7) is 3.18. The minimum absolute atomic E-state index is 0.835. The standard InChI is InChI=1S/C12H20N2OS/c1-15-11-7-12(16-9-11)8-13-5-2-6-14-10-3-4-10/h7,9-10,13-14H,2-6,8H2,1H3. The molecule has 0 bridgehead atoms. The molecular formula is C12H20N2OS. The smallest absolute Gasteiger partial charge is 0.129 e. The second-order valence-corrected chi connectivity index (χ2v) is 5.21. The third kappa shape index (κ3) is 4.12. The molecule has 0 saturated heterocycles. The lowest BCUT2D eigenvalue weighted by Gasteiger charge is -2.04. The van der Waals surface area contributed by atoms with Crippen molar-refractivity contribution in [1.82, 2.24) is 10.6 Å². The monoisotopic (exact) mass is 240 g/mol. The van der Waals surface area contributed by atoms with Crippen LogP contribution in [0.5, 0.6) is 5.75 Å². The van der Waals surface area contributed by atoms with Crippen LogP contribution in [-0.4, -0.2) is 26.2 Å². The zero-order chi connectivity index (χ0) is 11.2. The van der Waals surface area contributed by atoms with Crippen LogP contribution < -0.4 is 15.4 Å².